The predicted molar refractivity (Wildman–Crippen MR) is 93.6 cm³/mol. The molecule has 0 heterocycles. The van der Waals surface area contributed by atoms with Gasteiger partial charge in [0.05, 0.1) is 11.1 Å². The summed E-state index contributed by atoms with van der Waals surface area (Å²) in [5.41, 5.74) is 3.17. The first-order chi connectivity index (χ1) is 12.3. The third kappa shape index (κ3) is 4.26. The molecule has 0 saturated carbocycles. The minimum Gasteiger partial charge on any atom is -0.508 e. The van der Waals surface area contributed by atoms with E-state index in [-0.39, 0.29) is 22.9 Å². The lowest BCUT2D eigenvalue weighted by molar-refractivity contribution is -0.385. The van der Waals surface area contributed by atoms with Crippen molar-refractivity contribution in [3.8, 4) is 17.2 Å². The molecule has 0 aliphatic carbocycles. The Labute approximate surface area is 148 Å². The number of benzene rings is 2. The average molecular weight is 359 g/mol. The molecular weight excluding hydrogens is 342 g/mol. The first-order valence-corrected chi connectivity index (χ1v) is 7.51. The number of nitro benzene ring substituents is 1. The number of rotatable bonds is 6. The predicted octanol–water partition coefficient (Wildman–Crippen LogP) is 2.15. The molecule has 136 valence electrons. The minimum atomic E-state index is -0.632. The van der Waals surface area contributed by atoms with Crippen LogP contribution in [0.2, 0.25) is 0 Å². The van der Waals surface area contributed by atoms with Gasteiger partial charge in [0.1, 0.15) is 11.5 Å². The van der Waals surface area contributed by atoms with Gasteiger partial charge in [-0.25, -0.2) is 5.43 Å². The molecule has 0 saturated heterocycles. The van der Waals surface area contributed by atoms with Gasteiger partial charge < -0.3 is 14.9 Å². The zero-order valence-corrected chi connectivity index (χ0v) is 14.1. The summed E-state index contributed by atoms with van der Waals surface area (Å²) < 4.78 is 5.14. The molecule has 2 aromatic carbocycles. The fourth-order valence-corrected chi connectivity index (χ4v) is 2.14. The summed E-state index contributed by atoms with van der Waals surface area (Å²) in [6, 6.07) is 7.16. The molecule has 0 aromatic heterocycles. The number of nitrogens with one attached hydrogen (secondary N) is 1. The second-order valence-corrected chi connectivity index (χ2v) is 5.41. The number of aromatic hydroxyl groups is 2. The molecular formula is C17H17N3O6. The molecule has 9 heteroatoms. The molecule has 2 aromatic rings. The first kappa shape index (κ1) is 18.7. The van der Waals surface area contributed by atoms with Crippen LogP contribution in [0.3, 0.4) is 0 Å². The Bertz CT molecular complexity index is 879. The van der Waals surface area contributed by atoms with Crippen LogP contribution in [0.5, 0.6) is 17.2 Å². The van der Waals surface area contributed by atoms with E-state index in [4.69, 9.17) is 4.74 Å². The summed E-state index contributed by atoms with van der Waals surface area (Å²) in [5, 5.41) is 34.2. The maximum absolute atomic E-state index is 11.8. The fraction of sp³-hybridized carbons (Fsp3) is 0.176. The van der Waals surface area contributed by atoms with Crippen molar-refractivity contribution in [2.24, 2.45) is 5.10 Å². The van der Waals surface area contributed by atoms with Crippen LogP contribution in [0, 0.1) is 24.0 Å². The Hall–Kier alpha value is -3.62. The van der Waals surface area contributed by atoms with Gasteiger partial charge in [0.2, 0.25) is 0 Å². The Morgan fingerprint density at radius 2 is 2.04 bits per heavy atom. The fourth-order valence-electron chi connectivity index (χ4n) is 2.14. The molecule has 0 unspecified atom stereocenters. The molecule has 3 N–H and O–H groups in total. The van der Waals surface area contributed by atoms with E-state index in [1.807, 2.05) is 0 Å². The summed E-state index contributed by atoms with van der Waals surface area (Å²) in [7, 11) is 0. The van der Waals surface area contributed by atoms with Gasteiger partial charge in [0, 0.05) is 17.2 Å². The molecule has 0 aliphatic rings. The Kier molecular flexibility index (Phi) is 5.74. The van der Waals surface area contributed by atoms with E-state index in [2.05, 4.69) is 10.5 Å². The monoisotopic (exact) mass is 359 g/mol. The van der Waals surface area contributed by atoms with E-state index in [9.17, 15) is 25.1 Å². The first-order valence-electron chi connectivity index (χ1n) is 7.51. The molecule has 0 spiro atoms. The van der Waals surface area contributed by atoms with Crippen molar-refractivity contribution >= 4 is 17.8 Å². The van der Waals surface area contributed by atoms with E-state index in [1.165, 1.54) is 30.5 Å². The Morgan fingerprint density at radius 3 is 2.73 bits per heavy atom. The van der Waals surface area contributed by atoms with Crippen molar-refractivity contribution in [1.29, 1.82) is 0 Å². The number of aryl methyl sites for hydroxylation is 1. The molecule has 0 aliphatic heterocycles. The molecule has 26 heavy (non-hydrogen) atoms. The normalized spacial score (nSPS) is 10.7. The number of nitrogens with zero attached hydrogens (tertiary/aromatic N) is 2. The van der Waals surface area contributed by atoms with Crippen molar-refractivity contribution in [1.82, 2.24) is 5.43 Å². The number of phenols is 2. The van der Waals surface area contributed by atoms with Crippen LogP contribution in [0.4, 0.5) is 5.69 Å². The molecule has 2 rings (SSSR count). The number of hydrogen-bond acceptors (Lipinski definition) is 7. The summed E-state index contributed by atoms with van der Waals surface area (Å²) >= 11 is 0. The third-order valence-electron chi connectivity index (χ3n) is 3.58. The molecule has 0 radical (unpaired) electrons. The Morgan fingerprint density at radius 1 is 1.35 bits per heavy atom. The third-order valence-corrected chi connectivity index (χ3v) is 3.58. The Balaban J connectivity index is 1.99. The molecule has 9 nitrogen and oxygen atoms in total. The van der Waals surface area contributed by atoms with Crippen LogP contribution in [-0.4, -0.2) is 33.9 Å². The van der Waals surface area contributed by atoms with Gasteiger partial charge in [-0.05, 0) is 31.5 Å². The molecule has 1 amide bonds. The highest BCUT2D eigenvalue weighted by Gasteiger charge is 2.15. The zero-order valence-electron chi connectivity index (χ0n) is 14.1. The molecule has 0 bridgehead atoms. The zero-order chi connectivity index (χ0) is 19.3. The number of carbonyl (C=O) groups is 1. The van der Waals surface area contributed by atoms with Gasteiger partial charge in [0.25, 0.3) is 5.91 Å². The number of amides is 1. The van der Waals surface area contributed by atoms with Crippen LogP contribution in [0.25, 0.3) is 0 Å². The van der Waals surface area contributed by atoms with Gasteiger partial charge in [-0.15, -0.1) is 0 Å². The SMILES string of the molecule is Cc1cc(O)c(C)c(O)c1/C=N\NC(=O)COc1ccccc1[N+](=O)[O-]. The van der Waals surface area contributed by atoms with E-state index < -0.39 is 17.4 Å². The number of nitro groups is 1. The van der Waals surface area contributed by atoms with Crippen molar-refractivity contribution < 1.29 is 24.7 Å². The second-order valence-electron chi connectivity index (χ2n) is 5.41. The number of hydrazone groups is 1. The lowest BCUT2D eigenvalue weighted by atomic mass is 10.0. The smallest absolute Gasteiger partial charge is 0.310 e. The van der Waals surface area contributed by atoms with Crippen molar-refractivity contribution in [2.45, 2.75) is 13.8 Å². The standard InChI is InChI=1S/C17H17N3O6/c1-10-7-14(21)11(2)17(23)12(10)8-18-19-16(22)9-26-15-6-4-3-5-13(15)20(24)25/h3-8,21,23H,9H2,1-2H3,(H,19,22)/b18-8-. The van der Waals surface area contributed by atoms with E-state index in [0.717, 1.165) is 0 Å². The maximum Gasteiger partial charge on any atom is 0.310 e. The lowest BCUT2D eigenvalue weighted by Gasteiger charge is -2.09. The van der Waals surface area contributed by atoms with Crippen molar-refractivity contribution in [3.05, 3.63) is 57.1 Å². The molecule has 0 fully saturated rings. The van der Waals surface area contributed by atoms with Crippen LogP contribution < -0.4 is 10.2 Å². The minimum absolute atomic E-state index is 0.0284. The van der Waals surface area contributed by atoms with Crippen LogP contribution >= 0.6 is 0 Å². The lowest BCUT2D eigenvalue weighted by Crippen LogP contribution is -2.24. The summed E-state index contributed by atoms with van der Waals surface area (Å²) in [6.07, 6.45) is 1.24. The van der Waals surface area contributed by atoms with Gasteiger partial charge in [0.15, 0.2) is 12.4 Å². The van der Waals surface area contributed by atoms with Gasteiger partial charge >= 0.3 is 5.69 Å². The van der Waals surface area contributed by atoms with Crippen LogP contribution in [-0.2, 0) is 4.79 Å². The van der Waals surface area contributed by atoms with Gasteiger partial charge in [-0.3, -0.25) is 14.9 Å². The van der Waals surface area contributed by atoms with Gasteiger partial charge in [-0.1, -0.05) is 12.1 Å². The van der Waals surface area contributed by atoms with E-state index in [1.54, 1.807) is 19.9 Å². The number of carbonyl (C=O) groups excluding carboxylic acids is 1. The largest absolute Gasteiger partial charge is 0.508 e. The summed E-state index contributed by atoms with van der Waals surface area (Å²) in [5.74, 6) is -0.845. The number of phenolic OH excluding ortho intramolecular Hbond substituents is 2. The number of para-hydroxylation sites is 2. The summed E-state index contributed by atoms with van der Waals surface area (Å²) in [6.45, 7) is 2.74. The van der Waals surface area contributed by atoms with Crippen molar-refractivity contribution in [2.75, 3.05) is 6.61 Å². The van der Waals surface area contributed by atoms with Crippen LogP contribution in [0.15, 0.2) is 35.4 Å². The van der Waals surface area contributed by atoms with E-state index >= 15 is 0 Å². The van der Waals surface area contributed by atoms with Crippen LogP contribution in [0.1, 0.15) is 16.7 Å². The second kappa shape index (κ2) is 7.97. The number of ether oxygens (including phenoxy) is 1. The van der Waals surface area contributed by atoms with E-state index in [0.29, 0.717) is 16.7 Å². The summed E-state index contributed by atoms with van der Waals surface area (Å²) in [4.78, 5) is 22.0. The topological polar surface area (TPSA) is 134 Å². The van der Waals surface area contributed by atoms with Gasteiger partial charge in [-0.2, -0.15) is 5.10 Å². The highest BCUT2D eigenvalue weighted by molar-refractivity contribution is 5.88. The maximum atomic E-state index is 11.8. The number of hydrogen-bond donors (Lipinski definition) is 3. The highest BCUT2D eigenvalue weighted by Crippen LogP contribution is 2.31. The average Bonchev–Trinajstić information content (AvgIpc) is 2.61. The quantitative estimate of drug-likeness (QED) is 0.411. The highest BCUT2D eigenvalue weighted by atomic mass is 16.6. The van der Waals surface area contributed by atoms with Crippen molar-refractivity contribution in [3.63, 3.8) is 0 Å². The molecule has 0 atom stereocenters.